The average Bonchev–Trinajstić information content (AvgIpc) is 3.12. The Kier molecular flexibility index (Phi) is 3.31. The predicted molar refractivity (Wildman–Crippen MR) is 68.3 cm³/mol. The molecule has 2 rings (SSSR count). The number of nitrogens with one attached hydrogen (secondary N) is 1. The molecule has 1 saturated carbocycles. The smallest absolute Gasteiger partial charge is 0.274 e. The fourth-order valence-electron chi connectivity index (χ4n) is 2.10. The monoisotopic (exact) mass is 234 g/mol. The van der Waals surface area contributed by atoms with Gasteiger partial charge in [-0.3, -0.25) is 10.1 Å². The third-order valence-corrected chi connectivity index (χ3v) is 3.39. The maximum atomic E-state index is 10.9. The lowest BCUT2D eigenvalue weighted by Gasteiger charge is -2.14. The second-order valence-corrected chi connectivity index (χ2v) is 4.72. The van der Waals surface area contributed by atoms with Crippen molar-refractivity contribution in [2.24, 2.45) is 5.92 Å². The molecule has 17 heavy (non-hydrogen) atoms. The van der Waals surface area contributed by atoms with Crippen LogP contribution in [0.4, 0.5) is 11.4 Å². The van der Waals surface area contributed by atoms with E-state index in [9.17, 15) is 10.1 Å². The van der Waals surface area contributed by atoms with Crippen LogP contribution in [-0.4, -0.2) is 11.0 Å². The first-order valence-corrected chi connectivity index (χ1v) is 6.15. The Morgan fingerprint density at radius 3 is 2.76 bits per heavy atom. The minimum absolute atomic E-state index is 0.223. The van der Waals surface area contributed by atoms with E-state index in [0.29, 0.717) is 12.5 Å². The highest BCUT2D eigenvalue weighted by Crippen LogP contribution is 2.34. The van der Waals surface area contributed by atoms with Gasteiger partial charge in [-0.15, -0.1) is 0 Å². The molecule has 1 atom stereocenters. The van der Waals surface area contributed by atoms with Crippen LogP contribution in [0.5, 0.6) is 0 Å². The summed E-state index contributed by atoms with van der Waals surface area (Å²) in [5, 5.41) is 14.3. The second-order valence-electron chi connectivity index (χ2n) is 4.72. The Morgan fingerprint density at radius 2 is 2.24 bits per heavy atom. The predicted octanol–water partition coefficient (Wildman–Crippen LogP) is 3.37. The molecule has 0 aliphatic heterocycles. The number of hydrogen-bond acceptors (Lipinski definition) is 3. The van der Waals surface area contributed by atoms with Crippen LogP contribution in [0.15, 0.2) is 18.2 Å². The minimum atomic E-state index is -0.300. The molecule has 1 aromatic rings. The fourth-order valence-corrected chi connectivity index (χ4v) is 2.10. The van der Waals surface area contributed by atoms with E-state index in [0.717, 1.165) is 17.2 Å². The molecule has 0 heterocycles. The summed E-state index contributed by atoms with van der Waals surface area (Å²) in [7, 11) is 0. The lowest BCUT2D eigenvalue weighted by atomic mass is 10.1. The van der Waals surface area contributed by atoms with Crippen LogP contribution < -0.4 is 5.32 Å². The summed E-state index contributed by atoms with van der Waals surface area (Å²) in [6.07, 6.45) is 3.22. The van der Waals surface area contributed by atoms with Crippen molar-refractivity contribution in [3.63, 3.8) is 0 Å². The first-order chi connectivity index (χ1) is 8.11. The topological polar surface area (TPSA) is 55.2 Å². The molecule has 0 amide bonds. The number of rotatable bonds is 5. The van der Waals surface area contributed by atoms with E-state index in [1.54, 1.807) is 6.07 Å². The third kappa shape index (κ3) is 2.75. The van der Waals surface area contributed by atoms with Crippen molar-refractivity contribution in [2.75, 3.05) is 5.32 Å². The van der Waals surface area contributed by atoms with Crippen LogP contribution in [0.25, 0.3) is 0 Å². The van der Waals surface area contributed by atoms with Crippen molar-refractivity contribution in [1.29, 1.82) is 0 Å². The number of aryl methyl sites for hydroxylation is 1. The third-order valence-electron chi connectivity index (χ3n) is 3.39. The van der Waals surface area contributed by atoms with Crippen LogP contribution >= 0.6 is 0 Å². The molecule has 1 fully saturated rings. The van der Waals surface area contributed by atoms with Crippen molar-refractivity contribution >= 4 is 11.4 Å². The Morgan fingerprint density at radius 1 is 1.53 bits per heavy atom. The first kappa shape index (κ1) is 11.9. The largest absolute Gasteiger partial charge is 0.382 e. The summed E-state index contributed by atoms with van der Waals surface area (Å²) in [5.41, 5.74) is 1.87. The molecule has 92 valence electrons. The summed E-state index contributed by atoms with van der Waals surface area (Å²) in [6, 6.07) is 5.84. The van der Waals surface area contributed by atoms with E-state index < -0.39 is 0 Å². The molecule has 4 nitrogen and oxygen atoms in total. The number of nitro groups is 1. The molecule has 0 bridgehead atoms. The molecule has 0 radical (unpaired) electrons. The quantitative estimate of drug-likeness (QED) is 0.627. The molecule has 1 aliphatic carbocycles. The first-order valence-electron chi connectivity index (χ1n) is 6.15. The van der Waals surface area contributed by atoms with Gasteiger partial charge < -0.3 is 5.32 Å². The number of benzene rings is 1. The molecule has 0 spiro atoms. The van der Waals surface area contributed by atoms with Crippen LogP contribution in [0.1, 0.15) is 32.3 Å². The highest BCUT2D eigenvalue weighted by atomic mass is 16.6. The zero-order valence-corrected chi connectivity index (χ0v) is 10.3. The average molecular weight is 234 g/mol. The molecule has 1 aliphatic rings. The molecule has 1 N–H and O–H groups in total. The number of nitro benzene ring substituents is 1. The number of nitrogens with zero attached hydrogens (tertiary/aromatic N) is 1. The van der Waals surface area contributed by atoms with Gasteiger partial charge in [0, 0.05) is 23.4 Å². The Hall–Kier alpha value is -1.58. The van der Waals surface area contributed by atoms with E-state index in [2.05, 4.69) is 12.2 Å². The van der Waals surface area contributed by atoms with E-state index >= 15 is 0 Å². The van der Waals surface area contributed by atoms with Gasteiger partial charge in [0.15, 0.2) is 0 Å². The molecular formula is C13H18N2O2. The Balaban J connectivity index is 2.17. The summed E-state index contributed by atoms with van der Waals surface area (Å²) in [5.74, 6) is 0.736. The van der Waals surface area contributed by atoms with Crippen molar-refractivity contribution in [3.8, 4) is 0 Å². The van der Waals surface area contributed by atoms with Gasteiger partial charge in [-0.05, 0) is 38.2 Å². The van der Waals surface area contributed by atoms with Gasteiger partial charge in [0.05, 0.1) is 4.92 Å². The molecule has 4 heteroatoms. The molecule has 0 saturated heterocycles. The zero-order valence-electron chi connectivity index (χ0n) is 10.3. The standard InChI is InChI=1S/C13H18N2O2/c1-3-10-6-7-12(8-13(10)15(16)17)14-9(2)11-4-5-11/h6-9,11,14H,3-5H2,1-2H3. The highest BCUT2D eigenvalue weighted by molar-refractivity contribution is 5.55. The van der Waals surface area contributed by atoms with Gasteiger partial charge in [-0.2, -0.15) is 0 Å². The lowest BCUT2D eigenvalue weighted by molar-refractivity contribution is -0.385. The SMILES string of the molecule is CCc1ccc(NC(C)C2CC2)cc1[N+](=O)[O-]. The van der Waals surface area contributed by atoms with E-state index in [4.69, 9.17) is 0 Å². The fraction of sp³-hybridized carbons (Fsp3) is 0.538. The van der Waals surface area contributed by atoms with E-state index in [1.165, 1.54) is 12.8 Å². The Labute approximate surface area is 101 Å². The minimum Gasteiger partial charge on any atom is -0.382 e. The molecule has 0 aromatic heterocycles. The van der Waals surface area contributed by atoms with Gasteiger partial charge in [0.2, 0.25) is 0 Å². The maximum Gasteiger partial charge on any atom is 0.274 e. The van der Waals surface area contributed by atoms with Gasteiger partial charge >= 0.3 is 0 Å². The van der Waals surface area contributed by atoms with Crippen LogP contribution in [0.2, 0.25) is 0 Å². The number of anilines is 1. The summed E-state index contributed by atoms with van der Waals surface area (Å²) in [6.45, 7) is 4.07. The van der Waals surface area contributed by atoms with Gasteiger partial charge in [0.25, 0.3) is 5.69 Å². The van der Waals surface area contributed by atoms with E-state index in [-0.39, 0.29) is 10.6 Å². The molecule has 1 unspecified atom stereocenters. The van der Waals surface area contributed by atoms with Gasteiger partial charge in [-0.25, -0.2) is 0 Å². The van der Waals surface area contributed by atoms with E-state index in [1.807, 2.05) is 19.1 Å². The highest BCUT2D eigenvalue weighted by Gasteiger charge is 2.28. The second kappa shape index (κ2) is 4.73. The van der Waals surface area contributed by atoms with Crippen molar-refractivity contribution in [2.45, 2.75) is 39.2 Å². The van der Waals surface area contributed by atoms with Gasteiger partial charge in [0.1, 0.15) is 0 Å². The maximum absolute atomic E-state index is 10.9. The van der Waals surface area contributed by atoms with Crippen LogP contribution in [0.3, 0.4) is 0 Å². The summed E-state index contributed by atoms with van der Waals surface area (Å²) < 4.78 is 0. The zero-order chi connectivity index (χ0) is 12.4. The Bertz CT molecular complexity index is 427. The summed E-state index contributed by atoms with van der Waals surface area (Å²) >= 11 is 0. The summed E-state index contributed by atoms with van der Waals surface area (Å²) in [4.78, 5) is 10.6. The molecule has 1 aromatic carbocycles. The van der Waals surface area contributed by atoms with Gasteiger partial charge in [-0.1, -0.05) is 13.0 Å². The van der Waals surface area contributed by atoms with Crippen LogP contribution in [-0.2, 0) is 6.42 Å². The van der Waals surface area contributed by atoms with Crippen molar-refractivity contribution < 1.29 is 4.92 Å². The van der Waals surface area contributed by atoms with Crippen molar-refractivity contribution in [3.05, 3.63) is 33.9 Å². The lowest BCUT2D eigenvalue weighted by Crippen LogP contribution is -2.17. The van der Waals surface area contributed by atoms with Crippen LogP contribution in [0, 0.1) is 16.0 Å². The normalized spacial score (nSPS) is 16.6. The molecular weight excluding hydrogens is 216 g/mol. The van der Waals surface area contributed by atoms with Crippen molar-refractivity contribution in [1.82, 2.24) is 0 Å². The number of hydrogen-bond donors (Lipinski definition) is 1.